The molecule has 2 N–H and O–H groups in total. The minimum Gasteiger partial charge on any atom is -0.504 e. The van der Waals surface area contributed by atoms with Crippen LogP contribution >= 0.6 is 23.2 Å². The topological polar surface area (TPSA) is 49.3 Å². The summed E-state index contributed by atoms with van der Waals surface area (Å²) < 4.78 is 0. The van der Waals surface area contributed by atoms with Crippen molar-refractivity contribution in [2.75, 3.05) is 5.32 Å². The second-order valence-corrected chi connectivity index (χ2v) is 5.88. The average molecular weight is 302 g/mol. The molecule has 0 saturated heterocycles. The summed E-state index contributed by atoms with van der Waals surface area (Å²) in [5, 5.41) is 13.0. The minimum absolute atomic E-state index is 0.0967. The summed E-state index contributed by atoms with van der Waals surface area (Å²) in [4.78, 5) is 11.9. The average Bonchev–Trinajstić information content (AvgIpc) is 2.36. The zero-order valence-corrected chi connectivity index (χ0v) is 12.1. The van der Waals surface area contributed by atoms with Gasteiger partial charge in [0.25, 0.3) is 0 Å². The van der Waals surface area contributed by atoms with E-state index in [0.717, 1.165) is 12.8 Å². The fraction of sp³-hybridized carbons (Fsp3) is 0.500. The van der Waals surface area contributed by atoms with Crippen LogP contribution in [0.5, 0.6) is 5.75 Å². The first-order valence-corrected chi connectivity index (χ1v) is 7.29. The molecule has 0 aromatic heterocycles. The zero-order chi connectivity index (χ0) is 13.8. The van der Waals surface area contributed by atoms with Gasteiger partial charge in [0.15, 0.2) is 5.75 Å². The number of hydrogen-bond acceptors (Lipinski definition) is 2. The molecule has 1 aliphatic rings. The number of benzene rings is 1. The Morgan fingerprint density at radius 1 is 1.26 bits per heavy atom. The lowest BCUT2D eigenvalue weighted by Gasteiger charge is -2.21. The van der Waals surface area contributed by atoms with E-state index in [1.54, 1.807) is 0 Å². The second-order valence-electron chi connectivity index (χ2n) is 5.04. The maximum Gasteiger partial charge on any atom is 0.224 e. The maximum absolute atomic E-state index is 11.9. The third-order valence-corrected chi connectivity index (χ3v) is 4.01. The molecule has 0 aliphatic heterocycles. The SMILES string of the molecule is O=C(CC1CCCCC1)Nc1cc(Cl)cc(Cl)c1O. The molecule has 1 fully saturated rings. The Bertz CT molecular complexity index is 471. The Kier molecular flexibility index (Phi) is 4.94. The van der Waals surface area contributed by atoms with Gasteiger partial charge in [-0.3, -0.25) is 4.79 Å². The van der Waals surface area contributed by atoms with Crippen molar-refractivity contribution in [3.05, 3.63) is 22.2 Å². The monoisotopic (exact) mass is 301 g/mol. The van der Waals surface area contributed by atoms with Gasteiger partial charge >= 0.3 is 0 Å². The molecule has 3 nitrogen and oxygen atoms in total. The first-order valence-electron chi connectivity index (χ1n) is 6.54. The van der Waals surface area contributed by atoms with Gasteiger partial charge in [-0.25, -0.2) is 0 Å². The summed E-state index contributed by atoms with van der Waals surface area (Å²) in [6.07, 6.45) is 6.37. The van der Waals surface area contributed by atoms with E-state index in [9.17, 15) is 9.90 Å². The van der Waals surface area contributed by atoms with E-state index < -0.39 is 0 Å². The highest BCUT2D eigenvalue weighted by Crippen LogP contribution is 2.35. The second kappa shape index (κ2) is 6.49. The Morgan fingerprint density at radius 2 is 1.95 bits per heavy atom. The quantitative estimate of drug-likeness (QED) is 0.801. The number of carbonyl (C=O) groups excluding carboxylic acids is 1. The lowest BCUT2D eigenvalue weighted by molar-refractivity contribution is -0.117. The molecule has 0 unspecified atom stereocenters. The number of halogens is 2. The lowest BCUT2D eigenvalue weighted by atomic mass is 9.87. The first kappa shape index (κ1) is 14.5. The third kappa shape index (κ3) is 4.02. The number of phenols is 1. The fourth-order valence-corrected chi connectivity index (χ4v) is 3.01. The summed E-state index contributed by atoms with van der Waals surface area (Å²) in [5.41, 5.74) is 0.276. The van der Waals surface area contributed by atoms with Crippen molar-refractivity contribution in [3.8, 4) is 5.75 Å². The minimum atomic E-state index is -0.136. The van der Waals surface area contributed by atoms with Crippen LogP contribution in [0.2, 0.25) is 10.0 Å². The van der Waals surface area contributed by atoms with Gasteiger partial charge in [0.05, 0.1) is 10.7 Å². The van der Waals surface area contributed by atoms with E-state index in [4.69, 9.17) is 23.2 Å². The molecule has 0 radical (unpaired) electrons. The Morgan fingerprint density at radius 3 is 2.63 bits per heavy atom. The number of aromatic hydroxyl groups is 1. The standard InChI is InChI=1S/C14H17Cl2NO2/c15-10-7-11(16)14(19)12(8-10)17-13(18)6-9-4-2-1-3-5-9/h7-9,19H,1-6H2,(H,17,18). The summed E-state index contributed by atoms with van der Waals surface area (Å²) in [6.45, 7) is 0. The summed E-state index contributed by atoms with van der Waals surface area (Å²) in [5.74, 6) is 0.217. The van der Waals surface area contributed by atoms with E-state index in [0.29, 0.717) is 17.4 Å². The molecular weight excluding hydrogens is 285 g/mol. The van der Waals surface area contributed by atoms with Gasteiger partial charge in [0.1, 0.15) is 0 Å². The van der Waals surface area contributed by atoms with Gasteiger partial charge < -0.3 is 10.4 Å². The van der Waals surface area contributed by atoms with Crippen LogP contribution in [0.15, 0.2) is 12.1 Å². The maximum atomic E-state index is 11.9. The molecule has 104 valence electrons. The Labute approximate surface area is 122 Å². The smallest absolute Gasteiger partial charge is 0.224 e. The van der Waals surface area contributed by atoms with Crippen LogP contribution in [0, 0.1) is 5.92 Å². The van der Waals surface area contributed by atoms with Crippen LogP contribution in [0.3, 0.4) is 0 Å². The number of phenolic OH excluding ortho intramolecular Hbond substituents is 1. The largest absolute Gasteiger partial charge is 0.504 e. The summed E-state index contributed by atoms with van der Waals surface area (Å²) in [7, 11) is 0. The van der Waals surface area contributed by atoms with E-state index in [1.807, 2.05) is 0 Å². The zero-order valence-electron chi connectivity index (χ0n) is 10.6. The normalized spacial score (nSPS) is 16.3. The first-order chi connectivity index (χ1) is 9.06. The fourth-order valence-electron chi connectivity index (χ4n) is 2.52. The van der Waals surface area contributed by atoms with Gasteiger partial charge in [0.2, 0.25) is 5.91 Å². The predicted octanol–water partition coefficient (Wildman–Crippen LogP) is 4.61. The molecule has 0 atom stereocenters. The van der Waals surface area contributed by atoms with Gasteiger partial charge in [-0.15, -0.1) is 0 Å². The Hall–Kier alpha value is -0.930. The van der Waals surface area contributed by atoms with Crippen molar-refractivity contribution < 1.29 is 9.90 Å². The van der Waals surface area contributed by atoms with Crippen LogP contribution in [0.25, 0.3) is 0 Å². The number of hydrogen-bond donors (Lipinski definition) is 2. The van der Waals surface area contributed by atoms with Gasteiger partial charge in [0, 0.05) is 11.4 Å². The third-order valence-electron chi connectivity index (χ3n) is 3.50. The van der Waals surface area contributed by atoms with Crippen molar-refractivity contribution in [1.29, 1.82) is 0 Å². The molecule has 2 rings (SSSR count). The molecule has 1 aromatic carbocycles. The Balaban J connectivity index is 1.98. The number of anilines is 1. The van der Waals surface area contributed by atoms with Gasteiger partial charge in [-0.2, -0.15) is 0 Å². The van der Waals surface area contributed by atoms with E-state index >= 15 is 0 Å². The highest BCUT2D eigenvalue weighted by atomic mass is 35.5. The molecule has 1 aromatic rings. The van der Waals surface area contributed by atoms with Crippen molar-refractivity contribution in [3.63, 3.8) is 0 Å². The van der Waals surface area contributed by atoms with E-state index in [1.165, 1.54) is 31.4 Å². The highest BCUT2D eigenvalue weighted by molar-refractivity contribution is 6.36. The van der Waals surface area contributed by atoms with E-state index in [-0.39, 0.29) is 22.4 Å². The van der Waals surface area contributed by atoms with Crippen LogP contribution < -0.4 is 5.32 Å². The van der Waals surface area contributed by atoms with Crippen LogP contribution in [-0.2, 0) is 4.79 Å². The number of rotatable bonds is 3. The molecular formula is C14H17Cl2NO2. The number of nitrogens with one attached hydrogen (secondary N) is 1. The molecule has 5 heteroatoms. The van der Waals surface area contributed by atoms with Crippen LogP contribution in [-0.4, -0.2) is 11.0 Å². The van der Waals surface area contributed by atoms with Crippen LogP contribution in [0.1, 0.15) is 38.5 Å². The molecule has 1 saturated carbocycles. The predicted molar refractivity (Wildman–Crippen MR) is 77.9 cm³/mol. The van der Waals surface area contributed by atoms with Gasteiger partial charge in [-0.05, 0) is 30.9 Å². The van der Waals surface area contributed by atoms with Gasteiger partial charge in [-0.1, -0.05) is 42.5 Å². The molecule has 0 spiro atoms. The van der Waals surface area contributed by atoms with Crippen molar-refractivity contribution in [2.45, 2.75) is 38.5 Å². The molecule has 0 heterocycles. The summed E-state index contributed by atoms with van der Waals surface area (Å²) in [6, 6.07) is 2.94. The molecule has 0 bridgehead atoms. The highest BCUT2D eigenvalue weighted by Gasteiger charge is 2.18. The summed E-state index contributed by atoms with van der Waals surface area (Å²) >= 11 is 11.7. The van der Waals surface area contributed by atoms with Crippen molar-refractivity contribution in [2.24, 2.45) is 5.92 Å². The number of amides is 1. The lowest BCUT2D eigenvalue weighted by Crippen LogP contribution is -2.18. The van der Waals surface area contributed by atoms with Crippen LogP contribution in [0.4, 0.5) is 5.69 Å². The molecule has 1 amide bonds. The van der Waals surface area contributed by atoms with Crippen molar-refractivity contribution in [1.82, 2.24) is 0 Å². The molecule has 19 heavy (non-hydrogen) atoms. The van der Waals surface area contributed by atoms with E-state index in [2.05, 4.69) is 5.32 Å². The molecule has 1 aliphatic carbocycles. The number of carbonyl (C=O) groups is 1. The van der Waals surface area contributed by atoms with Crippen molar-refractivity contribution >= 4 is 34.8 Å².